The van der Waals surface area contributed by atoms with E-state index in [-0.39, 0.29) is 23.9 Å². The van der Waals surface area contributed by atoms with Gasteiger partial charge in [-0.3, -0.25) is 24.1 Å². The molecule has 33 heavy (non-hydrogen) atoms. The Labute approximate surface area is 193 Å². The Balaban J connectivity index is 0.000000257. The van der Waals surface area contributed by atoms with Crippen LogP contribution < -0.4 is 5.32 Å². The maximum Gasteiger partial charge on any atom is 0.310 e. The molecule has 2 aliphatic heterocycles. The fraction of sp³-hybridized carbons (Fsp3) is 0.565. The lowest BCUT2D eigenvalue weighted by Crippen LogP contribution is -2.30. The summed E-state index contributed by atoms with van der Waals surface area (Å²) in [6.07, 6.45) is 0. The van der Waals surface area contributed by atoms with Gasteiger partial charge >= 0.3 is 23.9 Å². The van der Waals surface area contributed by atoms with Crippen molar-refractivity contribution in [3.63, 3.8) is 0 Å². The van der Waals surface area contributed by atoms with Crippen LogP contribution in [-0.2, 0) is 44.7 Å². The molecule has 0 spiro atoms. The first-order valence-corrected chi connectivity index (χ1v) is 10.6. The van der Waals surface area contributed by atoms with Crippen LogP contribution in [0, 0.1) is 23.7 Å². The van der Waals surface area contributed by atoms with Crippen molar-refractivity contribution in [3.8, 4) is 0 Å². The average Bonchev–Trinajstić information content (AvgIpc) is 3.51. The Morgan fingerprint density at radius 3 is 1.52 bits per heavy atom. The van der Waals surface area contributed by atoms with Gasteiger partial charge in [0.15, 0.2) is 0 Å². The summed E-state index contributed by atoms with van der Waals surface area (Å²) in [5, 5.41) is 2.95. The molecule has 182 valence electrons. The van der Waals surface area contributed by atoms with E-state index in [0.29, 0.717) is 32.7 Å². The number of carbonyl (C=O) groups excluding carboxylic acids is 4. The topological polar surface area (TPSA) is 120 Å². The van der Waals surface area contributed by atoms with Gasteiger partial charge in [-0.15, -0.1) is 0 Å². The molecule has 2 heterocycles. The lowest BCUT2D eigenvalue weighted by atomic mass is 9.96. The van der Waals surface area contributed by atoms with Crippen LogP contribution in [0.4, 0.5) is 0 Å². The van der Waals surface area contributed by atoms with Gasteiger partial charge in [0.05, 0.1) is 52.1 Å². The van der Waals surface area contributed by atoms with Crippen LogP contribution in [-0.4, -0.2) is 83.4 Å². The summed E-state index contributed by atoms with van der Waals surface area (Å²) in [6, 6.07) is 9.96. The van der Waals surface area contributed by atoms with Crippen molar-refractivity contribution in [2.45, 2.75) is 6.54 Å². The lowest BCUT2D eigenvalue weighted by Gasteiger charge is -2.15. The predicted molar refractivity (Wildman–Crippen MR) is 117 cm³/mol. The van der Waals surface area contributed by atoms with Gasteiger partial charge in [0.25, 0.3) is 0 Å². The van der Waals surface area contributed by atoms with Crippen LogP contribution in [0.5, 0.6) is 0 Å². The minimum atomic E-state index is -0.448. The number of methoxy groups -OCH3 is 4. The number of nitrogens with one attached hydrogen (secondary N) is 1. The molecule has 0 bridgehead atoms. The maximum atomic E-state index is 11.8. The van der Waals surface area contributed by atoms with Crippen LogP contribution in [0.1, 0.15) is 5.56 Å². The van der Waals surface area contributed by atoms with Crippen molar-refractivity contribution < 1.29 is 38.1 Å². The summed E-state index contributed by atoms with van der Waals surface area (Å²) >= 11 is 0. The number of ether oxygens (including phenoxy) is 4. The normalized spacial score (nSPS) is 24.2. The van der Waals surface area contributed by atoms with Gasteiger partial charge in [-0.05, 0) is 5.56 Å². The predicted octanol–water partition coefficient (Wildman–Crippen LogP) is 0.249. The van der Waals surface area contributed by atoms with Crippen LogP contribution in [0.15, 0.2) is 30.3 Å². The summed E-state index contributed by atoms with van der Waals surface area (Å²) < 4.78 is 18.7. The van der Waals surface area contributed by atoms with Crippen molar-refractivity contribution in [1.82, 2.24) is 10.2 Å². The Morgan fingerprint density at radius 1 is 0.727 bits per heavy atom. The summed E-state index contributed by atoms with van der Waals surface area (Å²) in [5.41, 5.74) is 1.15. The van der Waals surface area contributed by atoms with Crippen LogP contribution >= 0.6 is 0 Å². The van der Waals surface area contributed by atoms with Crippen LogP contribution in [0.25, 0.3) is 0 Å². The van der Waals surface area contributed by atoms with Gasteiger partial charge in [0.2, 0.25) is 0 Å². The summed E-state index contributed by atoms with van der Waals surface area (Å²) in [7, 11) is 5.32. The second-order valence-electron chi connectivity index (χ2n) is 7.86. The molecule has 10 heteroatoms. The number of benzene rings is 1. The fourth-order valence-electron chi connectivity index (χ4n) is 4.11. The molecule has 1 aromatic carbocycles. The van der Waals surface area contributed by atoms with Crippen LogP contribution in [0.2, 0.25) is 0 Å². The van der Waals surface area contributed by atoms with Crippen molar-refractivity contribution in [2.75, 3.05) is 54.6 Å². The minimum absolute atomic E-state index is 0.351. The first kappa shape index (κ1) is 26.3. The Bertz CT molecular complexity index is 770. The van der Waals surface area contributed by atoms with E-state index >= 15 is 0 Å². The van der Waals surface area contributed by atoms with Crippen molar-refractivity contribution in [2.24, 2.45) is 23.7 Å². The summed E-state index contributed by atoms with van der Waals surface area (Å²) in [6.45, 7) is 2.70. The fourth-order valence-corrected chi connectivity index (χ4v) is 4.11. The molecule has 0 amide bonds. The largest absolute Gasteiger partial charge is 0.469 e. The summed E-state index contributed by atoms with van der Waals surface area (Å²) in [5.74, 6) is -3.13. The third kappa shape index (κ3) is 7.00. The molecule has 2 saturated heterocycles. The number of hydrogen-bond acceptors (Lipinski definition) is 10. The van der Waals surface area contributed by atoms with Gasteiger partial charge in [-0.2, -0.15) is 0 Å². The van der Waals surface area contributed by atoms with E-state index in [1.165, 1.54) is 28.4 Å². The van der Waals surface area contributed by atoms with E-state index in [1.54, 1.807) is 0 Å². The third-order valence-corrected chi connectivity index (χ3v) is 5.87. The molecule has 2 aliphatic rings. The van der Waals surface area contributed by atoms with E-state index in [4.69, 9.17) is 9.47 Å². The minimum Gasteiger partial charge on any atom is -0.469 e. The van der Waals surface area contributed by atoms with Crippen molar-refractivity contribution in [3.05, 3.63) is 35.9 Å². The molecular formula is C23H32N2O8. The van der Waals surface area contributed by atoms with Crippen molar-refractivity contribution in [1.29, 1.82) is 0 Å². The Morgan fingerprint density at radius 2 is 1.12 bits per heavy atom. The standard InChI is InChI=1S/C15H19NO4.C8H13NO4/c1-19-14(17)12-9-16(10-13(12)15(18)20-2)8-11-6-4-3-5-7-11;1-12-7(10)5-3-9-4-6(5)8(11)13-2/h3-7,12-13H,8-10H2,1-2H3;5-6,9H,3-4H2,1-2H3/t12-,13-;5-,6-/m00/s1. The van der Waals surface area contributed by atoms with Gasteiger partial charge < -0.3 is 24.3 Å². The number of nitrogens with zero attached hydrogens (tertiary/aromatic N) is 1. The second kappa shape index (κ2) is 12.9. The highest BCUT2D eigenvalue weighted by atomic mass is 16.5. The molecule has 3 rings (SSSR count). The molecule has 0 aliphatic carbocycles. The summed E-state index contributed by atoms with van der Waals surface area (Å²) in [4.78, 5) is 48.0. The molecule has 0 aromatic heterocycles. The monoisotopic (exact) mass is 464 g/mol. The highest BCUT2D eigenvalue weighted by Gasteiger charge is 2.43. The SMILES string of the molecule is COC(=O)[C@H]1CN(Cc2ccccc2)C[C@@H]1C(=O)OC.COC(=O)[C@H]1CNC[C@@H]1C(=O)OC. The third-order valence-electron chi connectivity index (χ3n) is 5.87. The molecule has 1 aromatic rings. The van der Waals surface area contributed by atoms with Gasteiger partial charge in [0.1, 0.15) is 0 Å². The maximum absolute atomic E-state index is 11.8. The number of rotatable bonds is 6. The number of likely N-dealkylation sites (tertiary alicyclic amines) is 1. The van der Waals surface area contributed by atoms with E-state index in [1.807, 2.05) is 30.3 Å². The number of esters is 4. The van der Waals surface area contributed by atoms with E-state index in [2.05, 4.69) is 19.7 Å². The highest BCUT2D eigenvalue weighted by molar-refractivity contribution is 5.83. The average molecular weight is 465 g/mol. The van der Waals surface area contributed by atoms with E-state index in [0.717, 1.165) is 5.56 Å². The molecular weight excluding hydrogens is 432 g/mol. The van der Waals surface area contributed by atoms with E-state index in [9.17, 15) is 19.2 Å². The molecule has 0 saturated carbocycles. The first-order valence-electron chi connectivity index (χ1n) is 10.6. The van der Waals surface area contributed by atoms with Crippen molar-refractivity contribution >= 4 is 23.9 Å². The first-order chi connectivity index (χ1) is 15.9. The zero-order valence-corrected chi connectivity index (χ0v) is 19.4. The second-order valence-corrected chi connectivity index (χ2v) is 7.86. The Hall–Kier alpha value is -2.98. The van der Waals surface area contributed by atoms with E-state index < -0.39 is 23.7 Å². The zero-order valence-electron chi connectivity index (χ0n) is 19.4. The molecule has 1 N–H and O–H groups in total. The van der Waals surface area contributed by atoms with Gasteiger partial charge in [-0.1, -0.05) is 30.3 Å². The number of hydrogen-bond donors (Lipinski definition) is 1. The molecule has 2 fully saturated rings. The quantitative estimate of drug-likeness (QED) is 0.463. The molecule has 0 unspecified atom stereocenters. The van der Waals surface area contributed by atoms with Gasteiger partial charge in [0, 0.05) is 32.7 Å². The number of carbonyl (C=O) groups is 4. The molecule has 10 nitrogen and oxygen atoms in total. The smallest absolute Gasteiger partial charge is 0.310 e. The Kier molecular flexibility index (Phi) is 10.3. The molecule has 4 atom stereocenters. The lowest BCUT2D eigenvalue weighted by molar-refractivity contribution is -0.155. The zero-order chi connectivity index (χ0) is 24.4. The van der Waals surface area contributed by atoms with Gasteiger partial charge in [-0.25, -0.2) is 0 Å². The highest BCUT2D eigenvalue weighted by Crippen LogP contribution is 2.27. The molecule has 0 radical (unpaired) electrons. The van der Waals surface area contributed by atoms with Crippen LogP contribution in [0.3, 0.4) is 0 Å².